The second kappa shape index (κ2) is 5.18. The maximum Gasteiger partial charge on any atom is 0.303 e. The van der Waals surface area contributed by atoms with Gasteiger partial charge in [-0.1, -0.05) is 0 Å². The van der Waals surface area contributed by atoms with Crippen molar-refractivity contribution < 1.29 is 14.7 Å². The van der Waals surface area contributed by atoms with E-state index in [9.17, 15) is 9.59 Å². The van der Waals surface area contributed by atoms with E-state index in [0.29, 0.717) is 0 Å². The van der Waals surface area contributed by atoms with Crippen LogP contribution in [0.25, 0.3) is 0 Å². The third-order valence-corrected chi connectivity index (χ3v) is 2.36. The van der Waals surface area contributed by atoms with Crippen LogP contribution >= 0.6 is 11.8 Å². The molecule has 0 fully saturated rings. The average molecular weight is 176 g/mol. The van der Waals surface area contributed by atoms with E-state index < -0.39 is 5.97 Å². The van der Waals surface area contributed by atoms with Gasteiger partial charge in [-0.3, -0.25) is 9.59 Å². The summed E-state index contributed by atoms with van der Waals surface area (Å²) in [5, 5.41) is 8.18. The molecule has 0 rings (SSSR count). The van der Waals surface area contributed by atoms with E-state index in [1.54, 1.807) is 6.92 Å². The van der Waals surface area contributed by atoms with E-state index in [1.807, 2.05) is 6.26 Å². The second-order valence-electron chi connectivity index (χ2n) is 2.24. The van der Waals surface area contributed by atoms with Crippen molar-refractivity contribution in [3.05, 3.63) is 0 Å². The Morgan fingerprint density at radius 2 is 2.00 bits per heavy atom. The van der Waals surface area contributed by atoms with Crippen molar-refractivity contribution in [3.63, 3.8) is 0 Å². The summed E-state index contributed by atoms with van der Waals surface area (Å²) in [5.41, 5.74) is 0. The topological polar surface area (TPSA) is 54.4 Å². The first-order valence-corrected chi connectivity index (χ1v) is 4.64. The standard InChI is InChI=1S/C7H12O3S/c1-5(11-2)6(8)3-4-7(9)10/h5H,3-4H2,1-2H3,(H,9,10). The lowest BCUT2D eigenvalue weighted by Crippen LogP contribution is -2.13. The first-order valence-electron chi connectivity index (χ1n) is 3.35. The van der Waals surface area contributed by atoms with E-state index in [1.165, 1.54) is 11.8 Å². The van der Waals surface area contributed by atoms with E-state index in [4.69, 9.17) is 5.11 Å². The molecule has 0 aliphatic carbocycles. The predicted molar refractivity (Wildman–Crippen MR) is 44.9 cm³/mol. The second-order valence-corrected chi connectivity index (χ2v) is 3.42. The van der Waals surface area contributed by atoms with Crippen LogP contribution in [0.3, 0.4) is 0 Å². The molecule has 4 heteroatoms. The molecule has 0 aliphatic rings. The van der Waals surface area contributed by atoms with Crippen molar-refractivity contribution >= 4 is 23.5 Å². The summed E-state index contributed by atoms with van der Waals surface area (Å²) in [5.74, 6) is -0.897. The van der Waals surface area contributed by atoms with Crippen LogP contribution in [0.5, 0.6) is 0 Å². The van der Waals surface area contributed by atoms with Crippen LogP contribution < -0.4 is 0 Å². The van der Waals surface area contributed by atoms with E-state index in [-0.39, 0.29) is 23.9 Å². The summed E-state index contributed by atoms with van der Waals surface area (Å²) in [6.07, 6.45) is 1.93. The molecule has 0 aromatic carbocycles. The number of hydrogen-bond donors (Lipinski definition) is 1. The number of thioether (sulfide) groups is 1. The van der Waals surface area contributed by atoms with E-state index in [0.717, 1.165) is 0 Å². The van der Waals surface area contributed by atoms with Crippen molar-refractivity contribution in [1.29, 1.82) is 0 Å². The van der Waals surface area contributed by atoms with E-state index in [2.05, 4.69) is 0 Å². The maximum atomic E-state index is 11.0. The highest BCUT2D eigenvalue weighted by atomic mass is 32.2. The maximum absolute atomic E-state index is 11.0. The van der Waals surface area contributed by atoms with Crippen molar-refractivity contribution in [1.82, 2.24) is 0 Å². The summed E-state index contributed by atoms with van der Waals surface area (Å²) in [6, 6.07) is 0. The summed E-state index contributed by atoms with van der Waals surface area (Å²) in [7, 11) is 0. The molecule has 0 saturated carbocycles. The quantitative estimate of drug-likeness (QED) is 0.683. The molecule has 0 heterocycles. The summed E-state index contributed by atoms with van der Waals surface area (Å²) < 4.78 is 0. The fraction of sp³-hybridized carbons (Fsp3) is 0.714. The number of ketones is 1. The number of carboxylic acids is 1. The van der Waals surface area contributed by atoms with Gasteiger partial charge in [0.2, 0.25) is 0 Å². The van der Waals surface area contributed by atoms with Gasteiger partial charge in [0.25, 0.3) is 0 Å². The summed E-state index contributed by atoms with van der Waals surface area (Å²) in [6.45, 7) is 1.79. The summed E-state index contributed by atoms with van der Waals surface area (Å²) >= 11 is 1.44. The SMILES string of the molecule is CSC(C)C(=O)CCC(=O)O. The third kappa shape index (κ3) is 4.84. The van der Waals surface area contributed by atoms with Crippen molar-refractivity contribution in [2.45, 2.75) is 25.0 Å². The molecule has 0 aromatic rings. The highest BCUT2D eigenvalue weighted by molar-refractivity contribution is 7.99. The Morgan fingerprint density at radius 3 is 2.36 bits per heavy atom. The normalized spacial score (nSPS) is 12.5. The highest BCUT2D eigenvalue weighted by Gasteiger charge is 2.11. The molecular formula is C7H12O3S. The number of rotatable bonds is 5. The van der Waals surface area contributed by atoms with Crippen LogP contribution in [0.1, 0.15) is 19.8 Å². The minimum atomic E-state index is -0.911. The average Bonchev–Trinajstić information content (AvgIpc) is 1.98. The Hall–Kier alpha value is -0.510. The van der Waals surface area contributed by atoms with Gasteiger partial charge in [-0.2, -0.15) is 11.8 Å². The van der Waals surface area contributed by atoms with Gasteiger partial charge in [0.15, 0.2) is 0 Å². The van der Waals surface area contributed by atoms with Gasteiger partial charge in [-0.05, 0) is 13.2 Å². The Labute approximate surface area is 70.2 Å². The molecule has 0 amide bonds. The fourth-order valence-electron chi connectivity index (χ4n) is 0.565. The van der Waals surface area contributed by atoms with Gasteiger partial charge in [-0.15, -0.1) is 0 Å². The zero-order chi connectivity index (χ0) is 8.85. The van der Waals surface area contributed by atoms with Gasteiger partial charge >= 0.3 is 5.97 Å². The molecule has 0 aromatic heterocycles. The number of carbonyl (C=O) groups is 2. The number of hydrogen-bond acceptors (Lipinski definition) is 3. The van der Waals surface area contributed by atoms with Gasteiger partial charge in [0, 0.05) is 6.42 Å². The molecule has 1 N–H and O–H groups in total. The van der Waals surface area contributed by atoms with Crippen LogP contribution in [-0.2, 0) is 9.59 Å². The molecule has 1 atom stereocenters. The van der Waals surface area contributed by atoms with Crippen LogP contribution in [0.15, 0.2) is 0 Å². The Morgan fingerprint density at radius 1 is 1.45 bits per heavy atom. The van der Waals surface area contributed by atoms with E-state index >= 15 is 0 Å². The number of Topliss-reactive ketones (excluding diaryl/α,β-unsaturated/α-hetero) is 1. The van der Waals surface area contributed by atoms with Gasteiger partial charge in [-0.25, -0.2) is 0 Å². The molecule has 11 heavy (non-hydrogen) atoms. The molecule has 0 bridgehead atoms. The molecule has 0 saturated heterocycles. The molecule has 0 radical (unpaired) electrons. The Balaban J connectivity index is 3.60. The molecule has 1 unspecified atom stereocenters. The third-order valence-electron chi connectivity index (χ3n) is 1.39. The number of carbonyl (C=O) groups excluding carboxylic acids is 1. The largest absolute Gasteiger partial charge is 0.481 e. The van der Waals surface area contributed by atoms with Gasteiger partial charge < -0.3 is 5.11 Å². The molecule has 64 valence electrons. The smallest absolute Gasteiger partial charge is 0.303 e. The monoisotopic (exact) mass is 176 g/mol. The molecule has 3 nitrogen and oxygen atoms in total. The molecule has 0 aliphatic heterocycles. The van der Waals surface area contributed by atoms with Crippen LogP contribution in [0, 0.1) is 0 Å². The molecular weight excluding hydrogens is 164 g/mol. The molecule has 0 spiro atoms. The van der Waals surface area contributed by atoms with Gasteiger partial charge in [0.1, 0.15) is 5.78 Å². The fourth-order valence-corrected chi connectivity index (χ4v) is 0.946. The minimum Gasteiger partial charge on any atom is -0.481 e. The predicted octanol–water partition coefficient (Wildman–Crippen LogP) is 1.17. The lowest BCUT2D eigenvalue weighted by Gasteiger charge is -2.04. The Bertz CT molecular complexity index is 156. The van der Waals surface area contributed by atoms with Crippen molar-refractivity contribution in [3.8, 4) is 0 Å². The first-order chi connectivity index (χ1) is 5.07. The Kier molecular flexibility index (Phi) is 4.94. The van der Waals surface area contributed by atoms with Crippen LogP contribution in [0.2, 0.25) is 0 Å². The van der Waals surface area contributed by atoms with Gasteiger partial charge in [0.05, 0.1) is 11.7 Å². The summed E-state index contributed by atoms with van der Waals surface area (Å²) in [4.78, 5) is 21.1. The van der Waals surface area contributed by atoms with Crippen LogP contribution in [-0.4, -0.2) is 28.4 Å². The van der Waals surface area contributed by atoms with Crippen LogP contribution in [0.4, 0.5) is 0 Å². The number of aliphatic carboxylic acids is 1. The lowest BCUT2D eigenvalue weighted by atomic mass is 10.2. The number of carboxylic acid groups (broad SMARTS) is 1. The van der Waals surface area contributed by atoms with Crippen molar-refractivity contribution in [2.24, 2.45) is 0 Å². The lowest BCUT2D eigenvalue weighted by molar-refractivity contribution is -0.138. The zero-order valence-corrected chi connectivity index (χ0v) is 7.48. The first kappa shape index (κ1) is 10.5. The zero-order valence-electron chi connectivity index (χ0n) is 6.66. The minimum absolute atomic E-state index is 0.0138. The van der Waals surface area contributed by atoms with Crippen molar-refractivity contribution in [2.75, 3.05) is 6.26 Å². The highest BCUT2D eigenvalue weighted by Crippen LogP contribution is 2.09.